The number of hydrogen-bond donors (Lipinski definition) is 0. The van der Waals surface area contributed by atoms with E-state index in [2.05, 4.69) is 34.6 Å². The van der Waals surface area contributed by atoms with Crippen molar-refractivity contribution in [3.05, 3.63) is 0 Å². The molecule has 0 aromatic heterocycles. The molecule has 0 spiro atoms. The van der Waals surface area contributed by atoms with Crippen LogP contribution in [0.25, 0.3) is 0 Å². The van der Waals surface area contributed by atoms with Gasteiger partial charge < -0.3 is 18.9 Å². The van der Waals surface area contributed by atoms with Gasteiger partial charge in [-0.15, -0.1) is 0 Å². The lowest BCUT2D eigenvalue weighted by atomic mass is 10.0. The maximum absolute atomic E-state index is 6.09. The van der Waals surface area contributed by atoms with Gasteiger partial charge in [-0.05, 0) is 32.1 Å². The van der Waals surface area contributed by atoms with Gasteiger partial charge in [0.15, 0.2) is 12.6 Å². The molecule has 0 aromatic carbocycles. The fourth-order valence-electron chi connectivity index (χ4n) is 2.48. The van der Waals surface area contributed by atoms with Crippen LogP contribution in [-0.4, -0.2) is 39.0 Å². The Morgan fingerprint density at radius 2 is 0.760 bits per heavy atom. The predicted molar refractivity (Wildman–Crippen MR) is 105 cm³/mol. The minimum atomic E-state index is -0.239. The van der Waals surface area contributed by atoms with Crippen molar-refractivity contribution in [1.82, 2.24) is 0 Å². The summed E-state index contributed by atoms with van der Waals surface area (Å²) in [6, 6.07) is 0. The third-order valence-electron chi connectivity index (χ3n) is 4.29. The molecular weight excluding hydrogens is 316 g/mol. The lowest BCUT2D eigenvalue weighted by Crippen LogP contribution is -2.39. The second-order valence-electron chi connectivity index (χ2n) is 6.71. The Bertz CT molecular complexity index is 216. The molecule has 25 heavy (non-hydrogen) atoms. The summed E-state index contributed by atoms with van der Waals surface area (Å²) in [6.07, 6.45) is 9.18. The Kier molecular flexibility index (Phi) is 18.5. The van der Waals surface area contributed by atoms with Gasteiger partial charge in [0.1, 0.15) is 0 Å². The molecule has 0 unspecified atom stereocenters. The van der Waals surface area contributed by atoms with Gasteiger partial charge in [-0.1, -0.05) is 60.3 Å². The lowest BCUT2D eigenvalue weighted by Gasteiger charge is -2.33. The first-order chi connectivity index (χ1) is 12.2. The molecule has 0 N–H and O–H groups in total. The number of hydrogen-bond acceptors (Lipinski definition) is 4. The molecule has 0 aromatic rings. The third-order valence-corrected chi connectivity index (χ3v) is 4.29. The van der Waals surface area contributed by atoms with Gasteiger partial charge >= 0.3 is 0 Å². The van der Waals surface area contributed by atoms with Gasteiger partial charge in [0, 0.05) is 26.4 Å². The lowest BCUT2D eigenvalue weighted by molar-refractivity contribution is -0.252. The van der Waals surface area contributed by atoms with Crippen molar-refractivity contribution in [1.29, 1.82) is 0 Å². The molecule has 0 rings (SSSR count). The molecule has 0 heterocycles. The highest BCUT2D eigenvalue weighted by Crippen LogP contribution is 2.23. The summed E-state index contributed by atoms with van der Waals surface area (Å²) >= 11 is 0. The molecule has 152 valence electrons. The van der Waals surface area contributed by atoms with Crippen molar-refractivity contribution in [2.75, 3.05) is 26.4 Å². The van der Waals surface area contributed by atoms with Crippen LogP contribution >= 0.6 is 0 Å². The molecule has 0 saturated heterocycles. The summed E-state index contributed by atoms with van der Waals surface area (Å²) in [5.41, 5.74) is 0. The van der Waals surface area contributed by atoms with Crippen LogP contribution in [-0.2, 0) is 18.9 Å². The zero-order valence-electron chi connectivity index (χ0n) is 17.6. The van der Waals surface area contributed by atoms with E-state index in [1.54, 1.807) is 0 Å². The highest BCUT2D eigenvalue weighted by Gasteiger charge is 2.31. The Morgan fingerprint density at radius 1 is 0.480 bits per heavy atom. The van der Waals surface area contributed by atoms with Crippen molar-refractivity contribution >= 4 is 0 Å². The molecule has 4 nitrogen and oxygen atoms in total. The van der Waals surface area contributed by atoms with E-state index in [0.29, 0.717) is 0 Å². The molecule has 0 bridgehead atoms. The van der Waals surface area contributed by atoms with Gasteiger partial charge in [-0.25, -0.2) is 0 Å². The van der Waals surface area contributed by atoms with Crippen molar-refractivity contribution in [2.24, 2.45) is 5.92 Å². The van der Waals surface area contributed by atoms with Gasteiger partial charge in [0.05, 0.1) is 5.92 Å². The highest BCUT2D eigenvalue weighted by atomic mass is 16.7. The Hall–Kier alpha value is -0.160. The standard InChI is InChI=1S/C21H44O4/c1-6-11-15-22-20(23-16-12-7-2)19(10-5)21(24-17-13-8-3)25-18-14-9-4/h19-21H,6-18H2,1-5H3. The zero-order valence-corrected chi connectivity index (χ0v) is 17.6. The highest BCUT2D eigenvalue weighted by molar-refractivity contribution is 4.67. The summed E-state index contributed by atoms with van der Waals surface area (Å²) in [6.45, 7) is 13.8. The normalized spacial score (nSPS) is 12.0. The van der Waals surface area contributed by atoms with E-state index in [1.165, 1.54) is 0 Å². The molecule has 4 heteroatoms. The van der Waals surface area contributed by atoms with Crippen LogP contribution in [0, 0.1) is 5.92 Å². The molecule has 0 amide bonds. The Morgan fingerprint density at radius 3 is 0.960 bits per heavy atom. The maximum Gasteiger partial charge on any atom is 0.165 e. The van der Waals surface area contributed by atoms with Crippen LogP contribution in [0.2, 0.25) is 0 Å². The van der Waals surface area contributed by atoms with E-state index < -0.39 is 0 Å². The topological polar surface area (TPSA) is 36.9 Å². The van der Waals surface area contributed by atoms with E-state index in [9.17, 15) is 0 Å². The minimum absolute atomic E-state index is 0.113. The van der Waals surface area contributed by atoms with Gasteiger partial charge in [0.25, 0.3) is 0 Å². The van der Waals surface area contributed by atoms with Crippen molar-refractivity contribution in [3.63, 3.8) is 0 Å². The first-order valence-electron chi connectivity index (χ1n) is 10.7. The first kappa shape index (κ1) is 24.8. The van der Waals surface area contributed by atoms with E-state index >= 15 is 0 Å². The van der Waals surface area contributed by atoms with Crippen LogP contribution in [0.1, 0.15) is 92.4 Å². The SMILES string of the molecule is CCCCOC(OCCCC)C(CC)C(OCCCC)OCCCC. The number of rotatable bonds is 19. The molecule has 0 aliphatic heterocycles. The molecule has 0 saturated carbocycles. The third kappa shape index (κ3) is 12.8. The van der Waals surface area contributed by atoms with Crippen LogP contribution in [0.4, 0.5) is 0 Å². The number of ether oxygens (including phenoxy) is 4. The second kappa shape index (κ2) is 18.6. The quantitative estimate of drug-likeness (QED) is 0.211. The Labute approximate surface area is 156 Å². The predicted octanol–water partition coefficient (Wildman–Crippen LogP) is 5.93. The van der Waals surface area contributed by atoms with E-state index in [4.69, 9.17) is 18.9 Å². The summed E-state index contributed by atoms with van der Waals surface area (Å²) < 4.78 is 24.4. The molecular formula is C21H44O4. The smallest absolute Gasteiger partial charge is 0.165 e. The van der Waals surface area contributed by atoms with Crippen molar-refractivity contribution < 1.29 is 18.9 Å². The Balaban J connectivity index is 4.83. The van der Waals surface area contributed by atoms with Crippen LogP contribution in [0.15, 0.2) is 0 Å². The summed E-state index contributed by atoms with van der Waals surface area (Å²) in [5.74, 6) is 0.113. The van der Waals surface area contributed by atoms with Gasteiger partial charge in [-0.2, -0.15) is 0 Å². The molecule has 0 atom stereocenters. The van der Waals surface area contributed by atoms with Crippen LogP contribution in [0.3, 0.4) is 0 Å². The molecule has 0 aliphatic rings. The minimum Gasteiger partial charge on any atom is -0.352 e. The fourth-order valence-corrected chi connectivity index (χ4v) is 2.48. The second-order valence-corrected chi connectivity index (χ2v) is 6.71. The van der Waals surface area contributed by atoms with Crippen LogP contribution < -0.4 is 0 Å². The number of unbranched alkanes of at least 4 members (excludes halogenated alkanes) is 4. The van der Waals surface area contributed by atoms with Crippen LogP contribution in [0.5, 0.6) is 0 Å². The van der Waals surface area contributed by atoms with Gasteiger partial charge in [-0.3, -0.25) is 0 Å². The zero-order chi connectivity index (χ0) is 18.8. The van der Waals surface area contributed by atoms with E-state index in [0.717, 1.165) is 84.2 Å². The average molecular weight is 361 g/mol. The average Bonchev–Trinajstić information content (AvgIpc) is 2.62. The van der Waals surface area contributed by atoms with Crippen molar-refractivity contribution in [2.45, 2.75) is 105 Å². The summed E-state index contributed by atoms with van der Waals surface area (Å²) in [4.78, 5) is 0. The van der Waals surface area contributed by atoms with Crippen molar-refractivity contribution in [3.8, 4) is 0 Å². The van der Waals surface area contributed by atoms with E-state index in [1.807, 2.05) is 0 Å². The summed E-state index contributed by atoms with van der Waals surface area (Å²) in [7, 11) is 0. The van der Waals surface area contributed by atoms with Gasteiger partial charge in [0.2, 0.25) is 0 Å². The fraction of sp³-hybridized carbons (Fsp3) is 1.00. The largest absolute Gasteiger partial charge is 0.352 e. The molecule has 0 fully saturated rings. The van der Waals surface area contributed by atoms with E-state index in [-0.39, 0.29) is 18.5 Å². The first-order valence-corrected chi connectivity index (χ1v) is 10.7. The summed E-state index contributed by atoms with van der Waals surface area (Å²) in [5, 5.41) is 0. The molecule has 0 aliphatic carbocycles. The molecule has 0 radical (unpaired) electrons. The monoisotopic (exact) mass is 360 g/mol. The maximum atomic E-state index is 6.09.